The number of pyridine rings is 1. The van der Waals surface area contributed by atoms with Crippen LogP contribution in [0.1, 0.15) is 53.3 Å². The summed E-state index contributed by atoms with van der Waals surface area (Å²) in [5, 5.41) is 0.474. The van der Waals surface area contributed by atoms with Gasteiger partial charge in [-0.1, -0.05) is 0 Å². The molecule has 2 N–H and O–H groups in total. The van der Waals surface area contributed by atoms with E-state index in [9.17, 15) is 9.18 Å². The van der Waals surface area contributed by atoms with Gasteiger partial charge in [-0.05, 0) is 43.9 Å². The van der Waals surface area contributed by atoms with Crippen LogP contribution in [0.25, 0.3) is 22.2 Å². The van der Waals surface area contributed by atoms with Crippen LogP contribution in [0.3, 0.4) is 0 Å². The first-order valence-electron chi connectivity index (χ1n) is 11.6. The molecule has 1 saturated carbocycles. The number of aromatic amines is 1. The molecule has 1 aliphatic heterocycles. The second kappa shape index (κ2) is 9.01. The van der Waals surface area contributed by atoms with Crippen LogP contribution in [0.4, 0.5) is 14.5 Å². The number of benzene rings is 1. The standard InChI is InChI=1S/C25H22F2N6OS/c26-19-5-6-20(32-35-33-7-1-2-8-33)22(27)21(19)23(34)18-13-31-25-17(18)9-15(10-30-25)16-11-28-24(29-12-16)14-3-4-14/h5-6,9-14,32H,1-4,7-8H2,(H,30,31). The Labute approximate surface area is 204 Å². The molecule has 178 valence electrons. The number of fused-ring (bicyclic) bond motifs is 1. The predicted octanol–water partition coefficient (Wildman–Crippen LogP) is 5.48. The third kappa shape index (κ3) is 4.28. The molecule has 1 aromatic carbocycles. The van der Waals surface area contributed by atoms with E-state index in [0.29, 0.717) is 22.5 Å². The largest absolute Gasteiger partial charge is 0.345 e. The van der Waals surface area contributed by atoms with E-state index in [2.05, 4.69) is 29.0 Å². The van der Waals surface area contributed by atoms with E-state index in [0.717, 1.165) is 56.2 Å². The van der Waals surface area contributed by atoms with Crippen molar-refractivity contribution in [1.29, 1.82) is 0 Å². The van der Waals surface area contributed by atoms with Gasteiger partial charge >= 0.3 is 0 Å². The molecule has 0 atom stereocenters. The van der Waals surface area contributed by atoms with Crippen molar-refractivity contribution in [3.05, 3.63) is 71.6 Å². The van der Waals surface area contributed by atoms with Gasteiger partial charge in [0.2, 0.25) is 5.78 Å². The maximum Gasteiger partial charge on any atom is 0.201 e. The molecule has 4 aromatic rings. The lowest BCUT2D eigenvalue weighted by Gasteiger charge is -2.15. The highest BCUT2D eigenvalue weighted by atomic mass is 32.2. The summed E-state index contributed by atoms with van der Waals surface area (Å²) in [4.78, 5) is 29.6. The molecule has 1 saturated heterocycles. The van der Waals surface area contributed by atoms with Crippen molar-refractivity contribution >= 4 is 34.6 Å². The fourth-order valence-electron chi connectivity index (χ4n) is 4.26. The van der Waals surface area contributed by atoms with Crippen molar-refractivity contribution in [2.75, 3.05) is 17.8 Å². The minimum atomic E-state index is -0.913. The molecule has 6 rings (SSSR count). The maximum absolute atomic E-state index is 15.3. The van der Waals surface area contributed by atoms with Gasteiger partial charge in [0.1, 0.15) is 17.3 Å². The summed E-state index contributed by atoms with van der Waals surface area (Å²) >= 11 is 1.27. The first-order valence-corrected chi connectivity index (χ1v) is 12.4. The van der Waals surface area contributed by atoms with Gasteiger partial charge in [0, 0.05) is 78.0 Å². The normalized spacial score (nSPS) is 16.2. The minimum absolute atomic E-state index is 0.0678. The number of rotatable bonds is 7. The van der Waals surface area contributed by atoms with Crippen molar-refractivity contribution in [3.63, 3.8) is 0 Å². The molecule has 3 aromatic heterocycles. The van der Waals surface area contributed by atoms with E-state index < -0.39 is 23.0 Å². The molecule has 10 heteroatoms. The predicted molar refractivity (Wildman–Crippen MR) is 131 cm³/mol. The van der Waals surface area contributed by atoms with Gasteiger partial charge in [0.25, 0.3) is 0 Å². The van der Waals surface area contributed by atoms with Crippen LogP contribution in [0.5, 0.6) is 0 Å². The number of H-pyrrole nitrogens is 1. The average molecular weight is 493 g/mol. The van der Waals surface area contributed by atoms with Gasteiger partial charge < -0.3 is 9.71 Å². The highest BCUT2D eigenvalue weighted by Gasteiger charge is 2.27. The number of hydrogen-bond acceptors (Lipinski definition) is 7. The molecular formula is C25H22F2N6OS. The number of nitrogens with one attached hydrogen (secondary N) is 2. The van der Waals surface area contributed by atoms with Gasteiger partial charge in [-0.25, -0.2) is 28.0 Å². The van der Waals surface area contributed by atoms with Crippen molar-refractivity contribution in [1.82, 2.24) is 24.2 Å². The monoisotopic (exact) mass is 492 g/mol. The summed E-state index contributed by atoms with van der Waals surface area (Å²) in [5.74, 6) is -1.29. The SMILES string of the molecule is O=C(c1c(F)ccc(NSN2CCCC2)c1F)c1c[nH]c2ncc(-c3cnc(C4CC4)nc3)cc12. The zero-order valence-electron chi connectivity index (χ0n) is 18.7. The highest BCUT2D eigenvalue weighted by molar-refractivity contribution is 7.98. The molecule has 7 nitrogen and oxygen atoms in total. The number of halogens is 2. The lowest BCUT2D eigenvalue weighted by Crippen LogP contribution is -2.14. The molecule has 35 heavy (non-hydrogen) atoms. The number of hydrogen-bond donors (Lipinski definition) is 2. The second-order valence-corrected chi connectivity index (χ2v) is 9.77. The molecule has 0 radical (unpaired) electrons. The number of carbonyl (C=O) groups excluding carboxylic acids is 1. The number of carbonyl (C=O) groups is 1. The van der Waals surface area contributed by atoms with Crippen LogP contribution in [-0.4, -0.2) is 43.1 Å². The topological polar surface area (TPSA) is 86.8 Å². The third-order valence-corrected chi connectivity index (χ3v) is 7.33. The Bertz CT molecular complexity index is 1410. The van der Waals surface area contributed by atoms with Crippen molar-refractivity contribution < 1.29 is 13.6 Å². The van der Waals surface area contributed by atoms with E-state index in [1.165, 1.54) is 24.4 Å². The molecule has 0 amide bonds. The van der Waals surface area contributed by atoms with Crippen LogP contribution in [0.15, 0.2) is 43.0 Å². The van der Waals surface area contributed by atoms with E-state index in [1.54, 1.807) is 24.7 Å². The number of nitrogens with zero attached hydrogens (tertiary/aromatic N) is 4. The van der Waals surface area contributed by atoms with Crippen LogP contribution >= 0.6 is 12.1 Å². The number of anilines is 1. The summed E-state index contributed by atoms with van der Waals surface area (Å²) < 4.78 is 35.0. The fourth-order valence-corrected chi connectivity index (χ4v) is 5.08. The highest BCUT2D eigenvalue weighted by Crippen LogP contribution is 2.38. The molecular weight excluding hydrogens is 470 g/mol. The Hall–Kier alpha value is -3.37. The smallest absolute Gasteiger partial charge is 0.201 e. The molecule has 2 fully saturated rings. The van der Waals surface area contributed by atoms with E-state index >= 15 is 4.39 Å². The first-order chi connectivity index (χ1) is 17.1. The van der Waals surface area contributed by atoms with Crippen molar-refractivity contribution in [3.8, 4) is 11.1 Å². The van der Waals surface area contributed by atoms with E-state index in [1.807, 2.05) is 0 Å². The lowest BCUT2D eigenvalue weighted by atomic mass is 10.0. The molecule has 4 heterocycles. The Morgan fingerprint density at radius 2 is 1.80 bits per heavy atom. The summed E-state index contributed by atoms with van der Waals surface area (Å²) in [6.07, 6.45) is 11.0. The summed E-state index contributed by atoms with van der Waals surface area (Å²) in [6, 6.07) is 4.19. The second-order valence-electron chi connectivity index (χ2n) is 8.87. The van der Waals surface area contributed by atoms with Gasteiger partial charge in [-0.15, -0.1) is 0 Å². The van der Waals surface area contributed by atoms with Crippen LogP contribution in [0, 0.1) is 11.6 Å². The Kier molecular flexibility index (Phi) is 5.69. The fraction of sp³-hybridized carbons (Fsp3) is 0.280. The molecule has 0 bridgehead atoms. The molecule has 0 spiro atoms. The van der Waals surface area contributed by atoms with Crippen molar-refractivity contribution in [2.24, 2.45) is 0 Å². The third-order valence-electron chi connectivity index (χ3n) is 6.39. The summed E-state index contributed by atoms with van der Waals surface area (Å²) in [5.41, 5.74) is 1.54. The van der Waals surface area contributed by atoms with Gasteiger partial charge in [-0.3, -0.25) is 4.79 Å². The van der Waals surface area contributed by atoms with Crippen molar-refractivity contribution in [2.45, 2.75) is 31.6 Å². The quantitative estimate of drug-likeness (QED) is 0.261. The zero-order valence-corrected chi connectivity index (χ0v) is 19.5. The average Bonchev–Trinajstić information content (AvgIpc) is 3.42. The molecule has 0 unspecified atom stereocenters. The number of aromatic nitrogens is 4. The Morgan fingerprint density at radius 3 is 2.54 bits per heavy atom. The zero-order chi connectivity index (χ0) is 23.9. The number of ketones is 1. The molecule has 1 aliphatic carbocycles. The Morgan fingerprint density at radius 1 is 1.06 bits per heavy atom. The van der Waals surface area contributed by atoms with Gasteiger partial charge in [0.05, 0.1) is 11.3 Å². The Balaban J connectivity index is 1.32. The summed E-state index contributed by atoms with van der Waals surface area (Å²) in [7, 11) is 0. The van der Waals surface area contributed by atoms with Gasteiger partial charge in [0.15, 0.2) is 5.82 Å². The van der Waals surface area contributed by atoms with Gasteiger partial charge in [-0.2, -0.15) is 0 Å². The van der Waals surface area contributed by atoms with E-state index in [4.69, 9.17) is 0 Å². The lowest BCUT2D eigenvalue weighted by molar-refractivity contribution is 0.103. The molecule has 2 aliphatic rings. The van der Waals surface area contributed by atoms with Crippen LogP contribution in [0.2, 0.25) is 0 Å². The van der Waals surface area contributed by atoms with E-state index in [-0.39, 0.29) is 11.3 Å². The maximum atomic E-state index is 15.3. The van der Waals surface area contributed by atoms with Crippen LogP contribution < -0.4 is 4.72 Å². The minimum Gasteiger partial charge on any atom is -0.345 e. The summed E-state index contributed by atoms with van der Waals surface area (Å²) in [6.45, 7) is 1.79. The first kappa shape index (κ1) is 22.1. The van der Waals surface area contributed by atoms with Crippen LogP contribution in [-0.2, 0) is 0 Å².